The van der Waals surface area contributed by atoms with Crippen molar-refractivity contribution in [2.75, 3.05) is 31.8 Å². The maximum Gasteiger partial charge on any atom is 0.255 e. The molecule has 1 atom stereocenters. The molecule has 3 rings (SSSR count). The van der Waals surface area contributed by atoms with Crippen LogP contribution in [0.1, 0.15) is 23.2 Å². The molecule has 5 heteroatoms. The van der Waals surface area contributed by atoms with Crippen LogP contribution in [0.3, 0.4) is 0 Å². The second kappa shape index (κ2) is 8.30. The van der Waals surface area contributed by atoms with Crippen LogP contribution in [-0.4, -0.2) is 43.3 Å². The summed E-state index contributed by atoms with van der Waals surface area (Å²) in [6, 6.07) is 16.0. The highest BCUT2D eigenvalue weighted by atomic mass is 32.2. The van der Waals surface area contributed by atoms with Crippen molar-refractivity contribution >= 4 is 23.4 Å². The number of nitrogens with one attached hydrogen (secondary N) is 1. The molecule has 1 aliphatic heterocycles. The van der Waals surface area contributed by atoms with Crippen LogP contribution in [-0.2, 0) is 0 Å². The van der Waals surface area contributed by atoms with E-state index in [1.165, 1.54) is 0 Å². The summed E-state index contributed by atoms with van der Waals surface area (Å²) in [6.07, 6.45) is 4.09. The minimum atomic E-state index is 0.131. The molecule has 1 heterocycles. The zero-order valence-corrected chi connectivity index (χ0v) is 15.5. The fraction of sp³-hybridized carbons (Fsp3) is 0.350. The number of likely N-dealkylation sites (tertiary alicyclic amines) is 1. The van der Waals surface area contributed by atoms with E-state index in [4.69, 9.17) is 4.74 Å². The van der Waals surface area contributed by atoms with Gasteiger partial charge < -0.3 is 15.0 Å². The lowest BCUT2D eigenvalue weighted by Gasteiger charge is -2.34. The van der Waals surface area contributed by atoms with Crippen LogP contribution < -0.4 is 10.1 Å². The van der Waals surface area contributed by atoms with Gasteiger partial charge in [-0.2, -0.15) is 0 Å². The van der Waals surface area contributed by atoms with Crippen molar-refractivity contribution in [2.45, 2.75) is 23.8 Å². The number of nitrogens with zero attached hydrogens (tertiary/aromatic N) is 1. The summed E-state index contributed by atoms with van der Waals surface area (Å²) in [5.41, 5.74) is 1.87. The lowest BCUT2D eigenvalue weighted by atomic mass is 10.0. The van der Waals surface area contributed by atoms with Gasteiger partial charge in [-0.15, -0.1) is 11.8 Å². The van der Waals surface area contributed by atoms with E-state index in [-0.39, 0.29) is 11.9 Å². The van der Waals surface area contributed by atoms with Gasteiger partial charge in [0.1, 0.15) is 5.75 Å². The maximum atomic E-state index is 12.9. The number of hydrogen-bond donors (Lipinski definition) is 1. The highest BCUT2D eigenvalue weighted by molar-refractivity contribution is 7.98. The van der Waals surface area contributed by atoms with Gasteiger partial charge >= 0.3 is 0 Å². The monoisotopic (exact) mass is 356 g/mol. The molecule has 2 aromatic rings. The first kappa shape index (κ1) is 17.7. The number of amides is 1. The number of rotatable bonds is 5. The van der Waals surface area contributed by atoms with Gasteiger partial charge in [0.2, 0.25) is 0 Å². The molecule has 1 N–H and O–H groups in total. The van der Waals surface area contributed by atoms with Gasteiger partial charge in [-0.25, -0.2) is 0 Å². The Bertz CT molecular complexity index is 718. The fourth-order valence-corrected chi connectivity index (χ4v) is 3.78. The van der Waals surface area contributed by atoms with Gasteiger partial charge in [0.25, 0.3) is 5.91 Å². The van der Waals surface area contributed by atoms with E-state index in [9.17, 15) is 4.79 Å². The summed E-state index contributed by atoms with van der Waals surface area (Å²) in [7, 11) is 1.67. The number of hydrogen-bond acceptors (Lipinski definition) is 4. The summed E-state index contributed by atoms with van der Waals surface area (Å²) < 4.78 is 5.20. The van der Waals surface area contributed by atoms with E-state index in [0.717, 1.165) is 47.8 Å². The molecule has 0 bridgehead atoms. The molecule has 4 nitrogen and oxygen atoms in total. The number of carbonyl (C=O) groups excluding carboxylic acids is 1. The van der Waals surface area contributed by atoms with Crippen molar-refractivity contribution in [1.29, 1.82) is 0 Å². The number of carbonyl (C=O) groups is 1. The van der Waals surface area contributed by atoms with E-state index in [2.05, 4.69) is 5.32 Å². The molecule has 1 aliphatic rings. The van der Waals surface area contributed by atoms with Crippen LogP contribution in [0, 0.1) is 0 Å². The average Bonchev–Trinajstić information content (AvgIpc) is 2.68. The van der Waals surface area contributed by atoms with Crippen LogP contribution in [0.4, 0.5) is 5.69 Å². The number of ether oxygens (including phenoxy) is 1. The summed E-state index contributed by atoms with van der Waals surface area (Å²) >= 11 is 1.62. The van der Waals surface area contributed by atoms with Gasteiger partial charge in [0.05, 0.1) is 12.7 Å². The summed E-state index contributed by atoms with van der Waals surface area (Å²) in [4.78, 5) is 15.9. The average molecular weight is 356 g/mol. The quantitative estimate of drug-likeness (QED) is 0.818. The Kier molecular flexibility index (Phi) is 5.87. The fourth-order valence-electron chi connectivity index (χ4n) is 3.19. The number of thioether (sulfide) groups is 1. The van der Waals surface area contributed by atoms with Crippen LogP contribution in [0.5, 0.6) is 5.75 Å². The topological polar surface area (TPSA) is 41.6 Å². The van der Waals surface area contributed by atoms with E-state index in [1.54, 1.807) is 18.9 Å². The first-order chi connectivity index (χ1) is 12.2. The van der Waals surface area contributed by atoms with Crippen molar-refractivity contribution in [3.8, 4) is 5.75 Å². The maximum absolute atomic E-state index is 12.9. The van der Waals surface area contributed by atoms with Gasteiger partial charge in [-0.05, 0) is 55.5 Å². The lowest BCUT2D eigenvalue weighted by molar-refractivity contribution is 0.0711. The predicted octanol–water partition coefficient (Wildman–Crippen LogP) is 4.13. The lowest BCUT2D eigenvalue weighted by Crippen LogP contribution is -2.45. The van der Waals surface area contributed by atoms with E-state index >= 15 is 0 Å². The highest BCUT2D eigenvalue weighted by Gasteiger charge is 2.25. The van der Waals surface area contributed by atoms with Gasteiger partial charge in [0.15, 0.2) is 0 Å². The highest BCUT2D eigenvalue weighted by Crippen LogP contribution is 2.24. The number of anilines is 1. The molecule has 0 spiro atoms. The second-order valence-corrected chi connectivity index (χ2v) is 7.01. The first-order valence-corrected chi connectivity index (χ1v) is 9.76. The molecular formula is C20H24N2O2S. The smallest absolute Gasteiger partial charge is 0.255 e. The molecule has 0 saturated carbocycles. The molecule has 0 aliphatic carbocycles. The Hall–Kier alpha value is -2.14. The predicted molar refractivity (Wildman–Crippen MR) is 104 cm³/mol. The van der Waals surface area contributed by atoms with Crippen molar-refractivity contribution in [3.05, 3.63) is 54.1 Å². The Morgan fingerprint density at radius 3 is 2.68 bits per heavy atom. The third kappa shape index (κ3) is 4.28. The number of piperidine rings is 1. The Balaban J connectivity index is 1.66. The van der Waals surface area contributed by atoms with Gasteiger partial charge in [0, 0.05) is 29.7 Å². The largest absolute Gasteiger partial charge is 0.497 e. The third-order valence-corrected chi connectivity index (χ3v) is 5.30. The minimum Gasteiger partial charge on any atom is -0.497 e. The third-order valence-electron chi connectivity index (χ3n) is 4.51. The van der Waals surface area contributed by atoms with E-state index in [1.807, 2.05) is 59.7 Å². The number of benzene rings is 2. The molecule has 2 aromatic carbocycles. The van der Waals surface area contributed by atoms with Crippen molar-refractivity contribution in [3.63, 3.8) is 0 Å². The normalized spacial score (nSPS) is 17.2. The molecule has 1 fully saturated rings. The van der Waals surface area contributed by atoms with Crippen LogP contribution in [0.2, 0.25) is 0 Å². The molecule has 0 radical (unpaired) electrons. The molecule has 1 saturated heterocycles. The summed E-state index contributed by atoms with van der Waals surface area (Å²) in [6.45, 7) is 1.55. The molecule has 0 aromatic heterocycles. The van der Waals surface area contributed by atoms with Crippen molar-refractivity contribution < 1.29 is 9.53 Å². The zero-order chi connectivity index (χ0) is 17.6. The Morgan fingerprint density at radius 1 is 1.20 bits per heavy atom. The zero-order valence-electron chi connectivity index (χ0n) is 14.7. The molecule has 0 unspecified atom stereocenters. The van der Waals surface area contributed by atoms with Crippen LogP contribution in [0.15, 0.2) is 53.4 Å². The summed E-state index contributed by atoms with van der Waals surface area (Å²) in [5.74, 6) is 0.978. The van der Waals surface area contributed by atoms with Gasteiger partial charge in [-0.1, -0.05) is 12.1 Å². The Labute approximate surface area is 153 Å². The van der Waals surface area contributed by atoms with E-state index < -0.39 is 0 Å². The minimum absolute atomic E-state index is 0.131. The molecule has 1 amide bonds. The molecular weight excluding hydrogens is 332 g/mol. The van der Waals surface area contributed by atoms with Gasteiger partial charge in [-0.3, -0.25) is 4.79 Å². The second-order valence-electron chi connectivity index (χ2n) is 6.16. The number of methoxy groups -OCH3 is 1. The Morgan fingerprint density at radius 2 is 1.96 bits per heavy atom. The first-order valence-electron chi connectivity index (χ1n) is 8.54. The van der Waals surface area contributed by atoms with Crippen molar-refractivity contribution in [2.24, 2.45) is 0 Å². The standard InChI is InChI=1S/C20H24N2O2S/c1-24-17-11-9-15(10-12-17)21-16-6-5-13-22(14-16)20(23)18-7-3-4-8-19(18)25-2/h3-4,7-12,16,21H,5-6,13-14H2,1-2H3/t16-/m0/s1. The molecule has 25 heavy (non-hydrogen) atoms. The van der Waals surface area contributed by atoms with E-state index in [0.29, 0.717) is 0 Å². The SMILES string of the molecule is COc1ccc(N[C@H]2CCCN(C(=O)c3ccccc3SC)C2)cc1. The molecule has 132 valence electrons. The van der Waals surface area contributed by atoms with Crippen molar-refractivity contribution in [1.82, 2.24) is 4.90 Å². The van der Waals surface area contributed by atoms with Crippen LogP contribution in [0.25, 0.3) is 0 Å². The van der Waals surface area contributed by atoms with Crippen LogP contribution >= 0.6 is 11.8 Å². The summed E-state index contributed by atoms with van der Waals surface area (Å²) in [5, 5.41) is 3.54.